The third-order valence-corrected chi connectivity index (χ3v) is 6.92. The second-order valence-electron chi connectivity index (χ2n) is 9.53. The average molecular weight is 493 g/mol. The van der Waals surface area contributed by atoms with Gasteiger partial charge in [0.15, 0.2) is 5.58 Å². The molecule has 0 saturated carbocycles. The molecule has 190 valence electrons. The van der Waals surface area contributed by atoms with Gasteiger partial charge in [-0.05, 0) is 78.7 Å². The zero-order chi connectivity index (χ0) is 25.6. The smallest absolute Gasteiger partial charge is 0.227 e. The second-order valence-corrected chi connectivity index (χ2v) is 9.53. The van der Waals surface area contributed by atoms with Gasteiger partial charge in [0.1, 0.15) is 11.3 Å². The largest absolute Gasteiger partial charge is 0.494 e. The van der Waals surface area contributed by atoms with Gasteiger partial charge in [0.05, 0.1) is 6.61 Å². The van der Waals surface area contributed by atoms with Crippen molar-refractivity contribution >= 4 is 27.6 Å². The minimum atomic E-state index is 0.623. The first-order chi connectivity index (χ1) is 18.2. The average Bonchev–Trinajstić information content (AvgIpc) is 3.38. The number of hydrogen-bond acceptors (Lipinski definition) is 4. The molecule has 0 radical (unpaired) electrons. The van der Waals surface area contributed by atoms with E-state index >= 15 is 0 Å². The van der Waals surface area contributed by atoms with E-state index in [4.69, 9.17) is 14.1 Å². The van der Waals surface area contributed by atoms with Gasteiger partial charge < -0.3 is 14.1 Å². The van der Waals surface area contributed by atoms with Crippen LogP contribution in [0.1, 0.15) is 46.5 Å². The number of fused-ring (bicyclic) bond motifs is 3. The first-order valence-electron chi connectivity index (χ1n) is 13.6. The van der Waals surface area contributed by atoms with Gasteiger partial charge in [-0.1, -0.05) is 63.1 Å². The standard InChI is InChI=1S/C33H36N2O2/c1-4-7-21-35(22-8-5-2)26-17-13-24(14-18-26)30-23-31-32(29-12-10-9-11-28(29)30)34-33(37-31)25-15-19-27(20-16-25)36-6-3/h9-20,23H,4-8,21-22H2,1-3H3. The van der Waals surface area contributed by atoms with Crippen LogP contribution < -0.4 is 9.64 Å². The van der Waals surface area contributed by atoms with Crippen LogP contribution in [0, 0.1) is 0 Å². The Hall–Kier alpha value is -3.79. The summed E-state index contributed by atoms with van der Waals surface area (Å²) >= 11 is 0. The Balaban J connectivity index is 1.53. The monoisotopic (exact) mass is 492 g/mol. The number of nitrogens with zero attached hydrogens (tertiary/aromatic N) is 2. The molecule has 0 amide bonds. The molecule has 0 spiro atoms. The molecule has 5 aromatic rings. The van der Waals surface area contributed by atoms with Crippen molar-refractivity contribution in [2.75, 3.05) is 24.6 Å². The van der Waals surface area contributed by atoms with E-state index in [0.29, 0.717) is 12.5 Å². The van der Waals surface area contributed by atoms with Crippen LogP contribution in [-0.4, -0.2) is 24.7 Å². The van der Waals surface area contributed by atoms with Crippen LogP contribution in [0.15, 0.2) is 83.3 Å². The molecule has 1 aromatic heterocycles. The number of anilines is 1. The van der Waals surface area contributed by atoms with E-state index in [0.717, 1.165) is 46.5 Å². The summed E-state index contributed by atoms with van der Waals surface area (Å²) < 4.78 is 11.9. The Morgan fingerprint density at radius 3 is 2.05 bits per heavy atom. The van der Waals surface area contributed by atoms with Gasteiger partial charge in [0, 0.05) is 29.7 Å². The number of ether oxygens (including phenoxy) is 1. The Morgan fingerprint density at radius 1 is 0.757 bits per heavy atom. The van der Waals surface area contributed by atoms with Crippen LogP contribution in [0.25, 0.3) is 44.5 Å². The van der Waals surface area contributed by atoms with Gasteiger partial charge in [-0.2, -0.15) is 0 Å². The van der Waals surface area contributed by atoms with Gasteiger partial charge in [-0.3, -0.25) is 0 Å². The topological polar surface area (TPSA) is 38.5 Å². The van der Waals surface area contributed by atoms with Crippen molar-refractivity contribution in [2.24, 2.45) is 0 Å². The maximum atomic E-state index is 6.31. The number of benzene rings is 4. The summed E-state index contributed by atoms with van der Waals surface area (Å²) in [7, 11) is 0. The Kier molecular flexibility index (Phi) is 7.74. The Labute approximate surface area is 219 Å². The molecule has 0 saturated heterocycles. The molecule has 0 bridgehead atoms. The van der Waals surface area contributed by atoms with Gasteiger partial charge in [-0.25, -0.2) is 4.98 Å². The molecule has 0 unspecified atom stereocenters. The number of unbranched alkanes of at least 4 members (excludes halogenated alkanes) is 2. The molecule has 1 heterocycles. The summed E-state index contributed by atoms with van der Waals surface area (Å²) in [5.41, 5.74) is 6.28. The van der Waals surface area contributed by atoms with Crippen LogP contribution in [-0.2, 0) is 0 Å². The fourth-order valence-electron chi connectivity index (χ4n) is 4.90. The lowest BCUT2D eigenvalue weighted by atomic mass is 9.97. The fourth-order valence-corrected chi connectivity index (χ4v) is 4.90. The fraction of sp³-hybridized carbons (Fsp3) is 0.303. The van der Waals surface area contributed by atoms with Crippen LogP contribution in [0.2, 0.25) is 0 Å². The van der Waals surface area contributed by atoms with Gasteiger partial charge in [0.25, 0.3) is 0 Å². The lowest BCUT2D eigenvalue weighted by Crippen LogP contribution is -2.25. The molecular formula is C33H36N2O2. The molecule has 0 aliphatic carbocycles. The predicted molar refractivity (Wildman–Crippen MR) is 156 cm³/mol. The minimum Gasteiger partial charge on any atom is -0.494 e. The highest BCUT2D eigenvalue weighted by atomic mass is 16.5. The van der Waals surface area contributed by atoms with Crippen molar-refractivity contribution in [3.05, 3.63) is 78.9 Å². The highest BCUT2D eigenvalue weighted by Crippen LogP contribution is 2.37. The summed E-state index contributed by atoms with van der Waals surface area (Å²) in [4.78, 5) is 7.43. The zero-order valence-electron chi connectivity index (χ0n) is 22.2. The van der Waals surface area contributed by atoms with E-state index in [1.807, 2.05) is 31.2 Å². The van der Waals surface area contributed by atoms with Crippen molar-refractivity contribution in [1.82, 2.24) is 4.98 Å². The molecule has 0 aliphatic rings. The van der Waals surface area contributed by atoms with E-state index < -0.39 is 0 Å². The number of oxazole rings is 1. The second kappa shape index (κ2) is 11.5. The summed E-state index contributed by atoms with van der Waals surface area (Å²) in [6.45, 7) is 9.36. The zero-order valence-corrected chi connectivity index (χ0v) is 22.2. The molecule has 4 heteroatoms. The van der Waals surface area contributed by atoms with Gasteiger partial charge in [-0.15, -0.1) is 0 Å². The summed E-state index contributed by atoms with van der Waals surface area (Å²) in [6, 6.07) is 27.6. The summed E-state index contributed by atoms with van der Waals surface area (Å²) in [5.74, 6) is 1.47. The van der Waals surface area contributed by atoms with E-state index in [-0.39, 0.29) is 0 Å². The highest BCUT2D eigenvalue weighted by molar-refractivity contribution is 6.11. The Bertz CT molecular complexity index is 1440. The lowest BCUT2D eigenvalue weighted by molar-refractivity contribution is 0.340. The van der Waals surface area contributed by atoms with Crippen LogP contribution in [0.5, 0.6) is 5.75 Å². The van der Waals surface area contributed by atoms with Gasteiger partial charge in [0.2, 0.25) is 5.89 Å². The third-order valence-electron chi connectivity index (χ3n) is 6.92. The molecule has 4 nitrogen and oxygen atoms in total. The molecule has 5 rings (SSSR count). The van der Waals surface area contributed by atoms with Crippen molar-refractivity contribution in [3.63, 3.8) is 0 Å². The molecule has 0 fully saturated rings. The highest BCUT2D eigenvalue weighted by Gasteiger charge is 2.16. The van der Waals surface area contributed by atoms with Crippen molar-refractivity contribution < 1.29 is 9.15 Å². The minimum absolute atomic E-state index is 0.623. The van der Waals surface area contributed by atoms with Crippen LogP contribution in [0.3, 0.4) is 0 Å². The first-order valence-corrected chi connectivity index (χ1v) is 13.6. The van der Waals surface area contributed by atoms with Gasteiger partial charge >= 0.3 is 0 Å². The van der Waals surface area contributed by atoms with Crippen molar-refractivity contribution in [1.29, 1.82) is 0 Å². The lowest BCUT2D eigenvalue weighted by Gasteiger charge is -2.25. The maximum Gasteiger partial charge on any atom is 0.227 e. The Morgan fingerprint density at radius 2 is 1.41 bits per heavy atom. The van der Waals surface area contributed by atoms with Crippen LogP contribution in [0.4, 0.5) is 5.69 Å². The molecule has 0 aliphatic heterocycles. The van der Waals surface area contributed by atoms with Crippen molar-refractivity contribution in [3.8, 4) is 28.3 Å². The number of hydrogen-bond donors (Lipinski definition) is 0. The maximum absolute atomic E-state index is 6.31. The predicted octanol–water partition coefficient (Wildman–Crippen LogP) is 9.12. The van der Waals surface area contributed by atoms with Crippen LogP contribution >= 0.6 is 0 Å². The van der Waals surface area contributed by atoms with E-state index in [2.05, 4.69) is 73.3 Å². The van der Waals surface area contributed by atoms with Crippen molar-refractivity contribution in [2.45, 2.75) is 46.5 Å². The molecule has 0 N–H and O–H groups in total. The molecular weight excluding hydrogens is 456 g/mol. The van der Waals surface area contributed by atoms with E-state index in [9.17, 15) is 0 Å². The normalized spacial score (nSPS) is 11.3. The molecule has 0 atom stereocenters. The summed E-state index contributed by atoms with van der Waals surface area (Å²) in [6.07, 6.45) is 4.86. The molecule has 4 aromatic carbocycles. The molecule has 37 heavy (non-hydrogen) atoms. The SMILES string of the molecule is CCCCN(CCCC)c1ccc(-c2cc3oc(-c4ccc(OCC)cc4)nc3c3ccccc23)cc1. The van der Waals surface area contributed by atoms with E-state index in [1.54, 1.807) is 0 Å². The number of aromatic nitrogens is 1. The third kappa shape index (κ3) is 5.34. The van der Waals surface area contributed by atoms with E-state index in [1.165, 1.54) is 42.3 Å². The first kappa shape index (κ1) is 24.9. The summed E-state index contributed by atoms with van der Waals surface area (Å²) in [5, 5.41) is 2.29. The quantitative estimate of drug-likeness (QED) is 0.184. The number of rotatable bonds is 11.